The third-order valence-electron chi connectivity index (χ3n) is 1.40. The molecule has 4 heteroatoms. The zero-order chi connectivity index (χ0) is 12.6. The summed E-state index contributed by atoms with van der Waals surface area (Å²) >= 11 is 0. The molecule has 0 aromatic heterocycles. The van der Waals surface area contributed by atoms with Gasteiger partial charge < -0.3 is 9.47 Å². The molecule has 0 aromatic carbocycles. The lowest BCUT2D eigenvalue weighted by atomic mass is 10.3. The average molecular weight is 220 g/mol. The van der Waals surface area contributed by atoms with Gasteiger partial charge in [-0.3, -0.25) is 0 Å². The molecule has 0 fully saturated rings. The van der Waals surface area contributed by atoms with E-state index in [0.29, 0.717) is 0 Å². The Hall–Kier alpha value is -2.36. The summed E-state index contributed by atoms with van der Waals surface area (Å²) < 4.78 is 9.41. The number of rotatable bonds is 6. The van der Waals surface area contributed by atoms with E-state index in [1.807, 2.05) is 0 Å². The van der Waals surface area contributed by atoms with Crippen molar-refractivity contribution in [2.45, 2.75) is 0 Å². The summed E-state index contributed by atoms with van der Waals surface area (Å²) in [4.78, 5) is 21.9. The molecule has 0 unspecified atom stereocenters. The molecule has 0 aromatic rings. The molecule has 0 rings (SSSR count). The molecule has 0 atom stereocenters. The Morgan fingerprint density at radius 2 is 1.12 bits per heavy atom. The van der Waals surface area contributed by atoms with Crippen LogP contribution in [0.4, 0.5) is 0 Å². The Balaban J connectivity index is 5.10. The molecule has 84 valence electrons. The van der Waals surface area contributed by atoms with Gasteiger partial charge in [0.15, 0.2) is 0 Å². The van der Waals surface area contributed by atoms with Crippen molar-refractivity contribution in [3.05, 3.63) is 62.1 Å². The Bertz CT molecular complexity index is 340. The van der Waals surface area contributed by atoms with Gasteiger partial charge in [-0.05, 0) is 0 Å². The molecule has 4 nitrogen and oxygen atoms in total. The molecule has 16 heavy (non-hydrogen) atoms. The molecule has 0 radical (unpaired) electrons. The van der Waals surface area contributed by atoms with Crippen LogP contribution in [-0.4, -0.2) is 11.9 Å². The van der Waals surface area contributed by atoms with Gasteiger partial charge in [0.1, 0.15) is 0 Å². The molecule has 0 spiro atoms. The first-order valence-corrected chi connectivity index (χ1v) is 4.26. The second-order valence-corrected chi connectivity index (χ2v) is 2.40. The number of hydrogen-bond donors (Lipinski definition) is 0. The summed E-state index contributed by atoms with van der Waals surface area (Å²) in [7, 11) is 0. The summed E-state index contributed by atoms with van der Waals surface area (Å²) in [5.74, 6) is -1.82. The topological polar surface area (TPSA) is 52.6 Å². The maximum Gasteiger partial charge on any atom is 0.337 e. The minimum atomic E-state index is -0.756. The monoisotopic (exact) mass is 220 g/mol. The van der Waals surface area contributed by atoms with Crippen molar-refractivity contribution in [3.8, 4) is 0 Å². The predicted molar refractivity (Wildman–Crippen MR) is 60.0 cm³/mol. The highest BCUT2D eigenvalue weighted by atomic mass is 16.7. The maximum atomic E-state index is 11.0. The number of hydrogen-bond acceptors (Lipinski definition) is 4. The van der Waals surface area contributed by atoms with Crippen LogP contribution >= 0.6 is 0 Å². The number of ether oxygens (including phenoxy) is 2. The van der Waals surface area contributed by atoms with Crippen molar-refractivity contribution in [2.75, 3.05) is 0 Å². The first kappa shape index (κ1) is 13.6. The lowest BCUT2D eigenvalue weighted by molar-refractivity contribution is -0.147. The van der Waals surface area contributed by atoms with Gasteiger partial charge in [-0.25, -0.2) is 9.59 Å². The van der Waals surface area contributed by atoms with Gasteiger partial charge in [-0.15, -0.1) is 0 Å². The fourth-order valence-electron chi connectivity index (χ4n) is 0.655. The number of carbonyl (C=O) groups excluding carboxylic acids is 2. The van der Waals surface area contributed by atoms with Gasteiger partial charge in [-0.1, -0.05) is 38.5 Å². The molecule has 0 bridgehead atoms. The molecule has 0 aliphatic rings. The highest BCUT2D eigenvalue weighted by Crippen LogP contribution is 2.11. The molecule has 0 aliphatic carbocycles. The molecule has 0 saturated heterocycles. The van der Waals surface area contributed by atoms with Gasteiger partial charge in [0.2, 0.25) is 0 Å². The largest absolute Gasteiger partial charge is 0.389 e. The highest BCUT2D eigenvalue weighted by Gasteiger charge is 2.12. The van der Waals surface area contributed by atoms with Crippen LogP contribution in [0.1, 0.15) is 0 Å². The quantitative estimate of drug-likeness (QED) is 0.297. The van der Waals surface area contributed by atoms with E-state index in [0.717, 1.165) is 12.2 Å². The standard InChI is InChI=1S/C12H12O4/c1-5-9(6-2)12(15-10(13)7-3)16-11(14)8-4/h5-8H,1-4H2. The Kier molecular flexibility index (Phi) is 5.97. The Morgan fingerprint density at radius 3 is 1.38 bits per heavy atom. The Morgan fingerprint density at radius 1 is 0.750 bits per heavy atom. The lowest BCUT2D eigenvalue weighted by Gasteiger charge is -2.08. The third-order valence-corrected chi connectivity index (χ3v) is 1.40. The van der Waals surface area contributed by atoms with E-state index in [2.05, 4.69) is 26.3 Å². The average Bonchev–Trinajstić information content (AvgIpc) is 2.29. The first-order valence-electron chi connectivity index (χ1n) is 4.26. The second kappa shape index (κ2) is 7.00. The second-order valence-electron chi connectivity index (χ2n) is 2.40. The molecule has 0 heterocycles. The van der Waals surface area contributed by atoms with E-state index < -0.39 is 11.9 Å². The van der Waals surface area contributed by atoms with Crippen LogP contribution in [0.15, 0.2) is 62.1 Å². The zero-order valence-corrected chi connectivity index (χ0v) is 8.77. The molecule has 0 saturated carbocycles. The van der Waals surface area contributed by atoms with E-state index in [1.54, 1.807) is 0 Å². The summed E-state index contributed by atoms with van der Waals surface area (Å²) in [6, 6.07) is 0. The lowest BCUT2D eigenvalue weighted by Crippen LogP contribution is -2.09. The van der Waals surface area contributed by atoms with Crippen molar-refractivity contribution in [3.63, 3.8) is 0 Å². The van der Waals surface area contributed by atoms with E-state index in [9.17, 15) is 9.59 Å². The molecular weight excluding hydrogens is 208 g/mol. The predicted octanol–water partition coefficient (Wildman–Crippen LogP) is 2.03. The van der Waals surface area contributed by atoms with Crippen LogP contribution in [0, 0.1) is 0 Å². The minimum Gasteiger partial charge on any atom is -0.389 e. The van der Waals surface area contributed by atoms with Gasteiger partial charge in [0.05, 0.1) is 5.57 Å². The summed E-state index contributed by atoms with van der Waals surface area (Å²) in [6.45, 7) is 13.3. The van der Waals surface area contributed by atoms with Crippen molar-refractivity contribution >= 4 is 11.9 Å². The van der Waals surface area contributed by atoms with E-state index in [-0.39, 0.29) is 11.5 Å². The number of esters is 2. The van der Waals surface area contributed by atoms with Crippen molar-refractivity contribution in [1.82, 2.24) is 0 Å². The highest BCUT2D eigenvalue weighted by molar-refractivity contribution is 5.84. The minimum absolute atomic E-state index is 0.269. The maximum absolute atomic E-state index is 11.0. The molecule has 0 N–H and O–H groups in total. The smallest absolute Gasteiger partial charge is 0.337 e. The van der Waals surface area contributed by atoms with Crippen LogP contribution < -0.4 is 0 Å². The van der Waals surface area contributed by atoms with Gasteiger partial charge in [0.25, 0.3) is 0 Å². The first-order chi connectivity index (χ1) is 7.58. The Labute approximate surface area is 93.9 Å². The number of carbonyl (C=O) groups is 2. The third kappa shape index (κ3) is 4.23. The van der Waals surface area contributed by atoms with E-state index >= 15 is 0 Å². The van der Waals surface area contributed by atoms with Crippen LogP contribution in [0.3, 0.4) is 0 Å². The van der Waals surface area contributed by atoms with E-state index in [4.69, 9.17) is 9.47 Å². The molecular formula is C12H12O4. The van der Waals surface area contributed by atoms with Crippen molar-refractivity contribution in [2.24, 2.45) is 0 Å². The fourth-order valence-corrected chi connectivity index (χ4v) is 0.655. The summed E-state index contributed by atoms with van der Waals surface area (Å²) in [5.41, 5.74) is 0.269. The summed E-state index contributed by atoms with van der Waals surface area (Å²) in [6.07, 6.45) is 4.53. The van der Waals surface area contributed by atoms with Crippen LogP contribution in [0.2, 0.25) is 0 Å². The van der Waals surface area contributed by atoms with Crippen molar-refractivity contribution < 1.29 is 19.1 Å². The van der Waals surface area contributed by atoms with Gasteiger partial charge >= 0.3 is 17.9 Å². The van der Waals surface area contributed by atoms with Crippen LogP contribution in [0.5, 0.6) is 0 Å². The molecule has 0 amide bonds. The summed E-state index contributed by atoms with van der Waals surface area (Å²) in [5, 5.41) is 0. The van der Waals surface area contributed by atoms with E-state index in [1.165, 1.54) is 12.2 Å². The van der Waals surface area contributed by atoms with Crippen LogP contribution in [-0.2, 0) is 19.1 Å². The van der Waals surface area contributed by atoms with Gasteiger partial charge in [-0.2, -0.15) is 0 Å². The van der Waals surface area contributed by atoms with Crippen LogP contribution in [0.25, 0.3) is 0 Å². The zero-order valence-electron chi connectivity index (χ0n) is 8.77. The fraction of sp³-hybridized carbons (Fsp3) is 0. The normalized spacial score (nSPS) is 8.25. The molecule has 0 aliphatic heterocycles. The number of allylic oxidation sites excluding steroid dienone is 3. The van der Waals surface area contributed by atoms with Crippen molar-refractivity contribution in [1.29, 1.82) is 0 Å². The van der Waals surface area contributed by atoms with Gasteiger partial charge in [0, 0.05) is 12.2 Å². The SMILES string of the molecule is C=CC(=O)OC(OC(=O)C=C)=C(C=C)C=C.